The summed E-state index contributed by atoms with van der Waals surface area (Å²) < 4.78 is 25.7. The Kier molecular flexibility index (Phi) is 6.04. The van der Waals surface area contributed by atoms with Crippen molar-refractivity contribution in [3.05, 3.63) is 24.5 Å². The third-order valence-electron chi connectivity index (χ3n) is 3.34. The summed E-state index contributed by atoms with van der Waals surface area (Å²) in [5, 5.41) is 0. The van der Waals surface area contributed by atoms with Crippen LogP contribution in [-0.2, 0) is 14.8 Å². The molecule has 0 spiro atoms. The maximum Gasteiger partial charge on any atom is 0.244 e. The van der Waals surface area contributed by atoms with Crippen LogP contribution in [0.25, 0.3) is 0 Å². The molecule has 8 heteroatoms. The maximum atomic E-state index is 12.3. The molecule has 0 radical (unpaired) electrons. The van der Waals surface area contributed by atoms with E-state index in [4.69, 9.17) is 5.73 Å². The van der Waals surface area contributed by atoms with Gasteiger partial charge in [-0.2, -0.15) is 4.31 Å². The summed E-state index contributed by atoms with van der Waals surface area (Å²) >= 11 is 0. The number of carbonyl (C=O) groups excluding carboxylic acids is 1. The fourth-order valence-corrected chi connectivity index (χ4v) is 2.96. The van der Waals surface area contributed by atoms with Crippen LogP contribution in [0.2, 0.25) is 0 Å². The molecule has 1 rings (SSSR count). The first-order valence-corrected chi connectivity index (χ1v) is 8.34. The van der Waals surface area contributed by atoms with Crippen LogP contribution in [0.15, 0.2) is 29.4 Å². The Labute approximate surface area is 132 Å². The molecule has 0 atom stereocenters. The molecule has 0 fully saturated rings. The van der Waals surface area contributed by atoms with Gasteiger partial charge in [0.15, 0.2) is 0 Å². The topological polar surface area (TPSA) is 96.6 Å². The molecule has 7 nitrogen and oxygen atoms in total. The van der Waals surface area contributed by atoms with E-state index in [-0.39, 0.29) is 22.8 Å². The van der Waals surface area contributed by atoms with Crippen molar-refractivity contribution in [1.29, 1.82) is 0 Å². The molecule has 124 valence electrons. The van der Waals surface area contributed by atoms with Crippen molar-refractivity contribution in [2.45, 2.75) is 18.7 Å². The third-order valence-corrected chi connectivity index (χ3v) is 5.13. The largest absolute Gasteiger partial charge is 0.344 e. The molecule has 2 N–H and O–H groups in total. The van der Waals surface area contributed by atoms with Crippen molar-refractivity contribution in [2.24, 2.45) is 11.1 Å². The fraction of sp³-hybridized carbons (Fsp3) is 0.571. The predicted octanol–water partition coefficient (Wildman–Crippen LogP) is 0.145. The van der Waals surface area contributed by atoms with Crippen LogP contribution in [0, 0.1) is 5.41 Å². The molecule has 1 aromatic rings. The zero-order valence-electron chi connectivity index (χ0n) is 13.5. The number of likely N-dealkylation sites (N-methyl/N-ethyl adjacent to an activating group) is 2. The number of nitrogens with two attached hydrogens (primary N) is 1. The minimum atomic E-state index is -3.72. The number of carbonyl (C=O) groups is 1. The predicted molar refractivity (Wildman–Crippen MR) is 84.5 cm³/mol. The van der Waals surface area contributed by atoms with Crippen molar-refractivity contribution >= 4 is 15.9 Å². The van der Waals surface area contributed by atoms with E-state index in [0.717, 1.165) is 4.31 Å². The van der Waals surface area contributed by atoms with Gasteiger partial charge in [0.05, 0.1) is 6.54 Å². The van der Waals surface area contributed by atoms with E-state index in [0.29, 0.717) is 13.1 Å². The second-order valence-electron chi connectivity index (χ2n) is 6.07. The minimum Gasteiger partial charge on any atom is -0.344 e. The second-order valence-corrected chi connectivity index (χ2v) is 8.11. The van der Waals surface area contributed by atoms with Crippen LogP contribution in [0.3, 0.4) is 0 Å². The molecule has 1 amide bonds. The molecule has 1 heterocycles. The van der Waals surface area contributed by atoms with Gasteiger partial charge in [0.25, 0.3) is 0 Å². The molecular formula is C14H24N4O3S. The molecule has 0 unspecified atom stereocenters. The van der Waals surface area contributed by atoms with Gasteiger partial charge in [-0.1, -0.05) is 13.8 Å². The Morgan fingerprint density at radius 3 is 2.50 bits per heavy atom. The molecule has 0 aliphatic carbocycles. The lowest BCUT2D eigenvalue weighted by Gasteiger charge is -2.30. The summed E-state index contributed by atoms with van der Waals surface area (Å²) in [5.74, 6) is -0.281. The van der Waals surface area contributed by atoms with E-state index in [1.54, 1.807) is 13.1 Å². The van der Waals surface area contributed by atoms with Crippen molar-refractivity contribution in [3.8, 4) is 0 Å². The number of nitrogens with zero attached hydrogens (tertiary/aromatic N) is 3. The van der Waals surface area contributed by atoms with E-state index in [1.807, 2.05) is 13.8 Å². The van der Waals surface area contributed by atoms with E-state index < -0.39 is 10.0 Å². The second kappa shape index (κ2) is 7.17. The van der Waals surface area contributed by atoms with Gasteiger partial charge in [-0.25, -0.2) is 8.42 Å². The first-order valence-electron chi connectivity index (χ1n) is 6.90. The normalized spacial score (nSPS) is 12.5. The monoisotopic (exact) mass is 328 g/mol. The SMILES string of the molecule is CN(CC(C)(C)CN)C(=O)CN(C)S(=O)(=O)c1cccnc1. The zero-order chi connectivity index (χ0) is 17.0. The molecule has 1 aromatic heterocycles. The number of pyridine rings is 1. The first-order chi connectivity index (χ1) is 10.1. The highest BCUT2D eigenvalue weighted by Crippen LogP contribution is 2.15. The van der Waals surface area contributed by atoms with Crippen molar-refractivity contribution in [2.75, 3.05) is 33.7 Å². The van der Waals surface area contributed by atoms with Gasteiger partial charge < -0.3 is 10.6 Å². The Balaban J connectivity index is 2.76. The summed E-state index contributed by atoms with van der Waals surface area (Å²) in [4.78, 5) is 17.5. The standard InChI is InChI=1S/C14H24N4O3S/c1-14(2,10-15)11-17(3)13(19)9-18(4)22(20,21)12-6-5-7-16-8-12/h5-8H,9-11,15H2,1-4H3. The minimum absolute atomic E-state index is 0.0650. The quantitative estimate of drug-likeness (QED) is 0.768. The molecule has 0 aliphatic heterocycles. The van der Waals surface area contributed by atoms with Gasteiger partial charge in [0, 0.05) is 33.0 Å². The molecule has 0 aliphatic rings. The number of amides is 1. The summed E-state index contributed by atoms with van der Waals surface area (Å²) in [6.45, 7) is 4.58. The summed E-state index contributed by atoms with van der Waals surface area (Å²) in [6, 6.07) is 2.99. The van der Waals surface area contributed by atoms with Crippen LogP contribution in [0.5, 0.6) is 0 Å². The number of sulfonamides is 1. The van der Waals surface area contributed by atoms with Crippen LogP contribution < -0.4 is 5.73 Å². The molecule has 0 aromatic carbocycles. The summed E-state index contributed by atoms with van der Waals surface area (Å²) in [7, 11) is -0.698. The van der Waals surface area contributed by atoms with Gasteiger partial charge in [-0.15, -0.1) is 0 Å². The third kappa shape index (κ3) is 4.75. The average molecular weight is 328 g/mol. The van der Waals surface area contributed by atoms with Gasteiger partial charge in [-0.05, 0) is 24.1 Å². The Hall–Kier alpha value is -1.51. The van der Waals surface area contributed by atoms with Gasteiger partial charge in [0.1, 0.15) is 4.90 Å². The van der Waals surface area contributed by atoms with Crippen LogP contribution in [0.4, 0.5) is 0 Å². The molecule has 0 bridgehead atoms. The van der Waals surface area contributed by atoms with Crippen LogP contribution >= 0.6 is 0 Å². The Morgan fingerprint density at radius 2 is 2.00 bits per heavy atom. The summed E-state index contributed by atoms with van der Waals surface area (Å²) in [6.07, 6.45) is 2.75. The molecule has 0 saturated carbocycles. The maximum absolute atomic E-state index is 12.3. The lowest BCUT2D eigenvalue weighted by molar-refractivity contribution is -0.131. The lowest BCUT2D eigenvalue weighted by atomic mass is 9.93. The highest BCUT2D eigenvalue weighted by molar-refractivity contribution is 7.89. The van der Waals surface area contributed by atoms with Crippen LogP contribution in [0.1, 0.15) is 13.8 Å². The number of rotatable bonds is 7. The number of hydrogen-bond acceptors (Lipinski definition) is 5. The van der Waals surface area contributed by atoms with Gasteiger partial charge >= 0.3 is 0 Å². The Bertz CT molecular complexity index is 602. The molecular weight excluding hydrogens is 304 g/mol. The highest BCUT2D eigenvalue weighted by atomic mass is 32.2. The van der Waals surface area contributed by atoms with E-state index in [2.05, 4.69) is 4.98 Å². The Morgan fingerprint density at radius 1 is 1.36 bits per heavy atom. The highest BCUT2D eigenvalue weighted by Gasteiger charge is 2.26. The van der Waals surface area contributed by atoms with Crippen molar-refractivity contribution in [1.82, 2.24) is 14.2 Å². The summed E-state index contributed by atoms with van der Waals surface area (Å²) in [5.41, 5.74) is 5.43. The van der Waals surface area contributed by atoms with E-state index in [1.165, 1.54) is 30.4 Å². The fourth-order valence-electron chi connectivity index (χ4n) is 1.87. The smallest absolute Gasteiger partial charge is 0.244 e. The average Bonchev–Trinajstić information content (AvgIpc) is 2.47. The van der Waals surface area contributed by atoms with Crippen LogP contribution in [-0.4, -0.2) is 62.2 Å². The van der Waals surface area contributed by atoms with Gasteiger partial charge in [-0.3, -0.25) is 9.78 Å². The van der Waals surface area contributed by atoms with Crippen molar-refractivity contribution in [3.63, 3.8) is 0 Å². The zero-order valence-corrected chi connectivity index (χ0v) is 14.3. The molecule has 0 saturated heterocycles. The molecule has 22 heavy (non-hydrogen) atoms. The van der Waals surface area contributed by atoms with E-state index >= 15 is 0 Å². The van der Waals surface area contributed by atoms with Crippen molar-refractivity contribution < 1.29 is 13.2 Å². The lowest BCUT2D eigenvalue weighted by Crippen LogP contribution is -2.44. The van der Waals surface area contributed by atoms with Gasteiger partial charge in [0.2, 0.25) is 15.9 Å². The number of hydrogen-bond donors (Lipinski definition) is 1. The number of aromatic nitrogens is 1. The first kappa shape index (κ1) is 18.5. The van der Waals surface area contributed by atoms with E-state index in [9.17, 15) is 13.2 Å².